The van der Waals surface area contributed by atoms with E-state index in [1.165, 1.54) is 0 Å². The summed E-state index contributed by atoms with van der Waals surface area (Å²) in [5.74, 6) is 0.0396. The Morgan fingerprint density at radius 2 is 2.40 bits per heavy atom. The summed E-state index contributed by atoms with van der Waals surface area (Å²) in [5, 5.41) is 8.52. The third kappa shape index (κ3) is 3.21. The van der Waals surface area contributed by atoms with E-state index in [9.17, 15) is 4.79 Å². The lowest BCUT2D eigenvalue weighted by molar-refractivity contribution is -0.142. The van der Waals surface area contributed by atoms with Crippen LogP contribution in [0.4, 0.5) is 0 Å². The second kappa shape index (κ2) is 5.72. The molecule has 1 amide bonds. The zero-order valence-electron chi connectivity index (χ0n) is 9.40. The van der Waals surface area contributed by atoms with E-state index < -0.39 is 0 Å². The number of ether oxygens (including phenoxy) is 1. The molecule has 0 bridgehead atoms. The lowest BCUT2D eigenvalue weighted by Crippen LogP contribution is -2.43. The number of rotatable bonds is 4. The number of carbonyl (C=O) groups is 1. The Balaban J connectivity index is 2.54. The van der Waals surface area contributed by atoms with E-state index in [1.807, 2.05) is 13.8 Å². The highest BCUT2D eigenvalue weighted by molar-refractivity contribution is 5.81. The summed E-state index contributed by atoms with van der Waals surface area (Å²) in [5.41, 5.74) is 0. The normalized spacial score (nSPS) is 20.3. The van der Waals surface area contributed by atoms with Crippen molar-refractivity contribution in [3.63, 3.8) is 0 Å². The lowest BCUT2D eigenvalue weighted by atomic mass is 10.2. The van der Waals surface area contributed by atoms with Crippen LogP contribution < -0.4 is 0 Å². The molecule has 4 nitrogen and oxygen atoms in total. The number of nitriles is 1. The fourth-order valence-electron chi connectivity index (χ4n) is 1.75. The first-order valence-corrected chi connectivity index (χ1v) is 5.46. The van der Waals surface area contributed by atoms with Crippen LogP contribution in [0, 0.1) is 11.3 Å². The molecule has 0 aromatic heterocycles. The summed E-state index contributed by atoms with van der Waals surface area (Å²) >= 11 is 0. The molecule has 1 atom stereocenters. The van der Waals surface area contributed by atoms with Crippen LogP contribution in [0.5, 0.6) is 0 Å². The van der Waals surface area contributed by atoms with Gasteiger partial charge in [-0.05, 0) is 26.7 Å². The van der Waals surface area contributed by atoms with E-state index >= 15 is 0 Å². The van der Waals surface area contributed by atoms with Crippen molar-refractivity contribution in [2.75, 3.05) is 13.2 Å². The van der Waals surface area contributed by atoms with E-state index in [1.54, 1.807) is 4.90 Å². The summed E-state index contributed by atoms with van der Waals surface area (Å²) < 4.78 is 5.35. The van der Waals surface area contributed by atoms with E-state index in [0.717, 1.165) is 12.8 Å². The van der Waals surface area contributed by atoms with Gasteiger partial charge in [0, 0.05) is 19.2 Å². The van der Waals surface area contributed by atoms with Crippen LogP contribution in [0.2, 0.25) is 0 Å². The van der Waals surface area contributed by atoms with E-state index in [2.05, 4.69) is 6.07 Å². The average molecular weight is 210 g/mol. The standard InChI is InChI=1S/C11H18N2O2/c1-9(2)13(7-4-6-12)11(14)10-5-3-8-15-10/h9-10H,3-5,7-8H2,1-2H3. The molecule has 0 N–H and O–H groups in total. The smallest absolute Gasteiger partial charge is 0.251 e. The Labute approximate surface area is 90.8 Å². The fourth-order valence-corrected chi connectivity index (χ4v) is 1.75. The zero-order valence-corrected chi connectivity index (χ0v) is 9.40. The van der Waals surface area contributed by atoms with Crippen molar-refractivity contribution in [3.05, 3.63) is 0 Å². The van der Waals surface area contributed by atoms with Crippen LogP contribution in [0.15, 0.2) is 0 Å². The first kappa shape index (κ1) is 12.0. The molecule has 0 aromatic carbocycles. The third-order valence-electron chi connectivity index (χ3n) is 2.58. The molecule has 4 heteroatoms. The second-order valence-corrected chi connectivity index (χ2v) is 4.04. The van der Waals surface area contributed by atoms with Gasteiger partial charge in [-0.2, -0.15) is 5.26 Å². The maximum Gasteiger partial charge on any atom is 0.251 e. The molecule has 15 heavy (non-hydrogen) atoms. The summed E-state index contributed by atoms with van der Waals surface area (Å²) in [7, 11) is 0. The number of carbonyl (C=O) groups excluding carboxylic acids is 1. The summed E-state index contributed by atoms with van der Waals surface area (Å²) in [4.78, 5) is 13.7. The summed E-state index contributed by atoms with van der Waals surface area (Å²) in [6, 6.07) is 2.20. The minimum atomic E-state index is -0.272. The molecule has 1 aliphatic rings. The molecule has 0 radical (unpaired) electrons. The summed E-state index contributed by atoms with van der Waals surface area (Å²) in [6.07, 6.45) is 1.89. The molecule has 1 heterocycles. The van der Waals surface area contributed by atoms with Crippen LogP contribution in [-0.4, -0.2) is 36.1 Å². The van der Waals surface area contributed by atoms with Gasteiger partial charge in [-0.1, -0.05) is 0 Å². The van der Waals surface area contributed by atoms with Crippen molar-refractivity contribution >= 4 is 5.91 Å². The van der Waals surface area contributed by atoms with Gasteiger partial charge in [-0.3, -0.25) is 4.79 Å². The van der Waals surface area contributed by atoms with Gasteiger partial charge in [0.15, 0.2) is 0 Å². The van der Waals surface area contributed by atoms with E-state index in [0.29, 0.717) is 19.6 Å². The Kier molecular flexibility index (Phi) is 4.57. The minimum absolute atomic E-state index is 0.0396. The number of hydrogen-bond donors (Lipinski definition) is 0. The second-order valence-electron chi connectivity index (χ2n) is 4.04. The van der Waals surface area contributed by atoms with Gasteiger partial charge in [0.25, 0.3) is 5.91 Å². The molecular formula is C11H18N2O2. The highest BCUT2D eigenvalue weighted by atomic mass is 16.5. The number of nitrogens with zero attached hydrogens (tertiary/aromatic N) is 2. The van der Waals surface area contributed by atoms with Gasteiger partial charge < -0.3 is 9.64 Å². The molecule has 1 aliphatic heterocycles. The predicted molar refractivity (Wildman–Crippen MR) is 56.1 cm³/mol. The molecule has 1 saturated heterocycles. The van der Waals surface area contributed by atoms with Crippen molar-refractivity contribution in [2.45, 2.75) is 45.3 Å². The molecule has 1 rings (SSSR count). The first-order chi connectivity index (χ1) is 7.16. The lowest BCUT2D eigenvalue weighted by Gasteiger charge is -2.28. The predicted octanol–water partition coefficient (Wildman–Crippen LogP) is 1.32. The molecule has 1 fully saturated rings. The van der Waals surface area contributed by atoms with Gasteiger partial charge in [-0.25, -0.2) is 0 Å². The van der Waals surface area contributed by atoms with Gasteiger partial charge in [0.05, 0.1) is 12.5 Å². The maximum absolute atomic E-state index is 12.0. The highest BCUT2D eigenvalue weighted by Crippen LogP contribution is 2.16. The molecule has 0 spiro atoms. The molecule has 0 saturated carbocycles. The molecular weight excluding hydrogens is 192 g/mol. The van der Waals surface area contributed by atoms with Crippen molar-refractivity contribution in [3.8, 4) is 6.07 Å². The molecule has 1 unspecified atom stereocenters. The topological polar surface area (TPSA) is 53.3 Å². The largest absolute Gasteiger partial charge is 0.368 e. The van der Waals surface area contributed by atoms with E-state index in [4.69, 9.17) is 10.00 Å². The van der Waals surface area contributed by atoms with Gasteiger partial charge in [-0.15, -0.1) is 0 Å². The SMILES string of the molecule is CC(C)N(CCC#N)C(=O)C1CCCO1. The van der Waals surface area contributed by atoms with Gasteiger partial charge in [0.1, 0.15) is 6.10 Å². The van der Waals surface area contributed by atoms with Gasteiger partial charge in [0.2, 0.25) is 0 Å². The Morgan fingerprint density at radius 1 is 1.67 bits per heavy atom. The van der Waals surface area contributed by atoms with Crippen LogP contribution in [-0.2, 0) is 9.53 Å². The quantitative estimate of drug-likeness (QED) is 0.703. The number of hydrogen-bond acceptors (Lipinski definition) is 3. The Bertz CT molecular complexity index is 252. The van der Waals surface area contributed by atoms with Crippen molar-refractivity contribution in [1.82, 2.24) is 4.90 Å². The fraction of sp³-hybridized carbons (Fsp3) is 0.818. The van der Waals surface area contributed by atoms with Crippen LogP contribution in [0.25, 0.3) is 0 Å². The monoisotopic (exact) mass is 210 g/mol. The molecule has 0 aliphatic carbocycles. The molecule has 84 valence electrons. The third-order valence-corrected chi connectivity index (χ3v) is 2.58. The van der Waals surface area contributed by atoms with Crippen molar-refractivity contribution < 1.29 is 9.53 Å². The van der Waals surface area contributed by atoms with Gasteiger partial charge >= 0.3 is 0 Å². The average Bonchev–Trinajstić information content (AvgIpc) is 2.70. The van der Waals surface area contributed by atoms with Crippen LogP contribution in [0.1, 0.15) is 33.1 Å². The molecule has 0 aromatic rings. The zero-order chi connectivity index (χ0) is 11.3. The first-order valence-electron chi connectivity index (χ1n) is 5.46. The Morgan fingerprint density at radius 3 is 2.87 bits per heavy atom. The number of amides is 1. The summed E-state index contributed by atoms with van der Waals surface area (Å²) in [6.45, 7) is 5.11. The Hall–Kier alpha value is -1.08. The highest BCUT2D eigenvalue weighted by Gasteiger charge is 2.29. The van der Waals surface area contributed by atoms with Crippen LogP contribution >= 0.6 is 0 Å². The maximum atomic E-state index is 12.0. The van der Waals surface area contributed by atoms with Crippen molar-refractivity contribution in [2.24, 2.45) is 0 Å². The minimum Gasteiger partial charge on any atom is -0.368 e. The van der Waals surface area contributed by atoms with Crippen molar-refractivity contribution in [1.29, 1.82) is 5.26 Å². The van der Waals surface area contributed by atoms with E-state index in [-0.39, 0.29) is 18.1 Å². The van der Waals surface area contributed by atoms with Crippen LogP contribution in [0.3, 0.4) is 0 Å².